The van der Waals surface area contributed by atoms with Crippen molar-refractivity contribution in [2.24, 2.45) is 5.41 Å². The molecule has 2 saturated heterocycles. The highest BCUT2D eigenvalue weighted by Gasteiger charge is 2.54. The Labute approximate surface area is 263 Å². The third-order valence-electron chi connectivity index (χ3n) is 7.58. The average Bonchev–Trinajstić information content (AvgIpc) is 2.92. The zero-order valence-electron chi connectivity index (χ0n) is 24.5. The van der Waals surface area contributed by atoms with E-state index in [4.69, 9.17) is 32.7 Å². The van der Waals surface area contributed by atoms with Crippen LogP contribution in [0.25, 0.3) is 16.6 Å². The number of amides is 1. The fourth-order valence-electron chi connectivity index (χ4n) is 5.65. The minimum Gasteiger partial charge on any atom is -0.495 e. The lowest BCUT2D eigenvalue weighted by atomic mass is 9.73. The Morgan fingerprint density at radius 2 is 1.82 bits per heavy atom. The van der Waals surface area contributed by atoms with Gasteiger partial charge in [0.2, 0.25) is 5.95 Å². The fraction of sp³-hybridized carbons (Fsp3) is 0.323. The summed E-state index contributed by atoms with van der Waals surface area (Å²) in [7, 11) is 1.60. The van der Waals surface area contributed by atoms with E-state index >= 15 is 0 Å². The molecule has 0 unspecified atom stereocenters. The van der Waals surface area contributed by atoms with Crippen molar-refractivity contribution in [3.8, 4) is 17.5 Å². The van der Waals surface area contributed by atoms with Gasteiger partial charge < -0.3 is 24.6 Å². The van der Waals surface area contributed by atoms with Gasteiger partial charge in [-0.1, -0.05) is 29.3 Å². The van der Waals surface area contributed by atoms with Gasteiger partial charge in [-0.3, -0.25) is 9.36 Å². The van der Waals surface area contributed by atoms with Crippen LogP contribution in [0.2, 0.25) is 10.0 Å². The van der Waals surface area contributed by atoms with Gasteiger partial charge in [-0.2, -0.15) is 5.26 Å². The van der Waals surface area contributed by atoms with E-state index in [1.54, 1.807) is 30.2 Å². The maximum absolute atomic E-state index is 13.4. The lowest BCUT2D eigenvalue weighted by Gasteiger charge is -2.60. The molecule has 226 valence electrons. The number of nitrogens with zero attached hydrogens (tertiary/aromatic N) is 6. The normalized spacial score (nSPS) is 15.4. The number of hydrogen-bond acceptors (Lipinski definition) is 9. The zero-order valence-corrected chi connectivity index (χ0v) is 26.0. The highest BCUT2D eigenvalue weighted by Crippen LogP contribution is 2.45. The second-order valence-electron chi connectivity index (χ2n) is 12.1. The van der Waals surface area contributed by atoms with Gasteiger partial charge in [-0.15, -0.1) is 0 Å². The number of halogens is 2. The lowest BCUT2D eigenvalue weighted by Crippen LogP contribution is -2.73. The lowest BCUT2D eigenvalue weighted by molar-refractivity contribution is -0.0453. The molecule has 0 saturated carbocycles. The molecule has 1 amide bonds. The van der Waals surface area contributed by atoms with Gasteiger partial charge >= 0.3 is 6.09 Å². The largest absolute Gasteiger partial charge is 0.495 e. The Balaban J connectivity index is 1.19. The van der Waals surface area contributed by atoms with Crippen LogP contribution in [0.15, 0.2) is 53.6 Å². The quantitative estimate of drug-likeness (QED) is 0.291. The highest BCUT2D eigenvalue weighted by molar-refractivity contribution is 6.37. The Morgan fingerprint density at radius 1 is 1.11 bits per heavy atom. The number of carbonyl (C=O) groups is 1. The average molecular weight is 635 g/mol. The van der Waals surface area contributed by atoms with Crippen LogP contribution in [0.4, 0.5) is 22.1 Å². The number of fused-ring (bicyclic) bond motifs is 1. The van der Waals surface area contributed by atoms with Gasteiger partial charge in [-0.05, 0) is 45.0 Å². The van der Waals surface area contributed by atoms with E-state index in [9.17, 15) is 14.9 Å². The molecule has 2 aromatic heterocycles. The maximum atomic E-state index is 13.4. The van der Waals surface area contributed by atoms with Crippen molar-refractivity contribution < 1.29 is 14.3 Å². The van der Waals surface area contributed by atoms with Crippen molar-refractivity contribution in [1.82, 2.24) is 19.4 Å². The van der Waals surface area contributed by atoms with E-state index in [1.807, 2.05) is 39.0 Å². The number of carbonyl (C=O) groups excluding carboxylic acids is 1. The molecular formula is C31H29Cl2N7O4. The molecule has 4 heterocycles. The van der Waals surface area contributed by atoms with Crippen molar-refractivity contribution in [3.63, 3.8) is 0 Å². The molecule has 11 nitrogen and oxygen atoms in total. The third kappa shape index (κ3) is 5.36. The molecule has 2 aliphatic rings. The standard InChI is InChI=1S/C31H29Cl2N7O4/c1-30(2,3)44-29(42)39-16-31(17-39)14-38(15-31)23-9-8-19(10-24(23)43-4)36-28-35-12-20-25(37-28)18(11-34)13-40(27(20)41)26-21(32)6-5-7-22(26)33/h5-10,12-13H,14-17H2,1-4H3,(H,35,36,37). The number of para-hydroxylation sites is 1. The molecule has 1 spiro atoms. The number of benzene rings is 2. The molecule has 0 atom stereocenters. The predicted octanol–water partition coefficient (Wildman–Crippen LogP) is 5.77. The SMILES string of the molecule is COc1cc(Nc2ncc3c(=O)n(-c4c(Cl)cccc4Cl)cc(C#N)c3n2)ccc1N1CC2(CN(C(=O)OC(C)(C)C)C2)C1. The first kappa shape index (κ1) is 29.5. The van der Waals surface area contributed by atoms with Crippen LogP contribution in [-0.4, -0.2) is 64.4 Å². The fourth-order valence-corrected chi connectivity index (χ4v) is 6.23. The summed E-state index contributed by atoms with van der Waals surface area (Å²) in [5.74, 6) is 0.863. The summed E-state index contributed by atoms with van der Waals surface area (Å²) < 4.78 is 12.4. The third-order valence-corrected chi connectivity index (χ3v) is 8.19. The molecule has 2 aromatic carbocycles. The van der Waals surface area contributed by atoms with Crippen molar-refractivity contribution in [1.29, 1.82) is 5.26 Å². The number of pyridine rings is 1. The van der Waals surface area contributed by atoms with Crippen molar-refractivity contribution >= 4 is 57.5 Å². The van der Waals surface area contributed by atoms with E-state index in [0.717, 1.165) is 18.8 Å². The van der Waals surface area contributed by atoms with Crippen LogP contribution in [0.5, 0.6) is 5.75 Å². The Kier molecular flexibility index (Phi) is 7.30. The minimum absolute atomic E-state index is 0.0615. The van der Waals surface area contributed by atoms with Gasteiger partial charge in [0, 0.05) is 55.7 Å². The van der Waals surface area contributed by atoms with E-state index in [1.165, 1.54) is 17.0 Å². The first-order valence-electron chi connectivity index (χ1n) is 13.9. The molecule has 6 rings (SSSR count). The van der Waals surface area contributed by atoms with Crippen LogP contribution < -0.4 is 20.5 Å². The van der Waals surface area contributed by atoms with Crippen molar-refractivity contribution in [2.75, 3.05) is 43.5 Å². The summed E-state index contributed by atoms with van der Waals surface area (Å²) in [6.45, 7) is 8.53. The van der Waals surface area contributed by atoms with Gasteiger partial charge in [0.05, 0.1) is 39.5 Å². The molecule has 0 radical (unpaired) electrons. The van der Waals surface area contributed by atoms with E-state index < -0.39 is 11.2 Å². The molecule has 44 heavy (non-hydrogen) atoms. The van der Waals surface area contributed by atoms with Crippen LogP contribution >= 0.6 is 23.2 Å². The summed E-state index contributed by atoms with van der Waals surface area (Å²) in [4.78, 5) is 38.5. The van der Waals surface area contributed by atoms with E-state index in [-0.39, 0.29) is 49.7 Å². The number of nitrogens with one attached hydrogen (secondary N) is 1. The molecular weight excluding hydrogens is 605 g/mol. The van der Waals surface area contributed by atoms with Gasteiger partial charge in [0.15, 0.2) is 0 Å². The number of hydrogen-bond donors (Lipinski definition) is 1. The molecule has 13 heteroatoms. The number of rotatable bonds is 5. The van der Waals surface area contributed by atoms with E-state index in [2.05, 4.69) is 26.3 Å². The molecule has 0 aliphatic carbocycles. The number of ether oxygens (including phenoxy) is 2. The second-order valence-corrected chi connectivity index (χ2v) is 12.9. The maximum Gasteiger partial charge on any atom is 0.410 e. The first-order valence-corrected chi connectivity index (χ1v) is 14.6. The zero-order chi connectivity index (χ0) is 31.4. The van der Waals surface area contributed by atoms with Crippen molar-refractivity contribution in [2.45, 2.75) is 26.4 Å². The molecule has 4 aromatic rings. The molecule has 2 fully saturated rings. The molecule has 0 bridgehead atoms. The topological polar surface area (TPSA) is 126 Å². The van der Waals surface area contributed by atoms with Gasteiger partial charge in [0.25, 0.3) is 5.56 Å². The summed E-state index contributed by atoms with van der Waals surface area (Å²) in [6.07, 6.45) is 2.48. The monoisotopic (exact) mass is 633 g/mol. The second kappa shape index (κ2) is 10.9. The van der Waals surface area contributed by atoms with Crippen LogP contribution in [0.1, 0.15) is 26.3 Å². The highest BCUT2D eigenvalue weighted by atomic mass is 35.5. The van der Waals surface area contributed by atoms with Crippen LogP contribution in [0.3, 0.4) is 0 Å². The Morgan fingerprint density at radius 3 is 2.45 bits per heavy atom. The number of nitriles is 1. The summed E-state index contributed by atoms with van der Waals surface area (Å²) in [5.41, 5.74) is 1.31. The van der Waals surface area contributed by atoms with Gasteiger partial charge in [0.1, 0.15) is 22.9 Å². The predicted molar refractivity (Wildman–Crippen MR) is 169 cm³/mol. The summed E-state index contributed by atoms with van der Waals surface area (Å²) in [5, 5.41) is 13.7. The van der Waals surface area contributed by atoms with Crippen LogP contribution in [-0.2, 0) is 4.74 Å². The molecule has 1 N–H and O–H groups in total. The number of methoxy groups -OCH3 is 1. The first-order chi connectivity index (χ1) is 20.9. The van der Waals surface area contributed by atoms with E-state index in [0.29, 0.717) is 24.5 Å². The molecule has 2 aliphatic heterocycles. The Hall–Kier alpha value is -4.53. The van der Waals surface area contributed by atoms with Crippen molar-refractivity contribution in [3.05, 3.63) is 74.8 Å². The number of likely N-dealkylation sites (tertiary alicyclic amines) is 1. The minimum atomic E-state index is -0.516. The summed E-state index contributed by atoms with van der Waals surface area (Å²) in [6, 6.07) is 12.7. The Bertz CT molecular complexity index is 1880. The van der Waals surface area contributed by atoms with Gasteiger partial charge in [-0.25, -0.2) is 14.8 Å². The number of anilines is 3. The summed E-state index contributed by atoms with van der Waals surface area (Å²) >= 11 is 12.7. The number of aromatic nitrogens is 3. The van der Waals surface area contributed by atoms with Crippen LogP contribution in [0, 0.1) is 16.7 Å². The smallest absolute Gasteiger partial charge is 0.410 e.